The van der Waals surface area contributed by atoms with Gasteiger partial charge in [-0.3, -0.25) is 0 Å². The monoisotopic (exact) mass is 458 g/mol. The number of nitrogens with one attached hydrogen (secondary N) is 1. The molecule has 6 rings (SSSR count). The van der Waals surface area contributed by atoms with E-state index in [9.17, 15) is 0 Å². The zero-order valence-electron chi connectivity index (χ0n) is 19.7. The summed E-state index contributed by atoms with van der Waals surface area (Å²) in [4.78, 5) is 9.76. The molecule has 3 aromatic carbocycles. The standard InChI is InChI=1S/C10H8N2.C10H12N2.C9H6N2/c1-11-9-4-3-8-5-6-12(2)10(8)7-9;1-12-5-4-9-3-2-8(7-11)6-10(9)12;1-10-8-3-2-7-4-5-11-9(7)6-8/h3-7H,2H3;2-6H,7,11H2,1H3;2-6,11H. The number of aromatic amines is 1. The predicted octanol–water partition coefficient (Wildman–Crippen LogP) is 7.08. The Morgan fingerprint density at radius 1 is 0.714 bits per heavy atom. The van der Waals surface area contributed by atoms with Crippen LogP contribution in [0.1, 0.15) is 5.56 Å². The number of aryl methyl sites for hydroxylation is 2. The molecular formula is C29H26N6. The van der Waals surface area contributed by atoms with Gasteiger partial charge in [-0.1, -0.05) is 36.4 Å². The first-order chi connectivity index (χ1) is 17.0. The van der Waals surface area contributed by atoms with Gasteiger partial charge >= 0.3 is 0 Å². The van der Waals surface area contributed by atoms with Gasteiger partial charge in [0.2, 0.25) is 0 Å². The number of hydrogen-bond acceptors (Lipinski definition) is 1. The van der Waals surface area contributed by atoms with Gasteiger partial charge in [0, 0.05) is 55.8 Å². The number of nitrogens with zero attached hydrogens (tertiary/aromatic N) is 4. The maximum Gasteiger partial charge on any atom is 0.189 e. The minimum Gasteiger partial charge on any atom is -0.362 e. The van der Waals surface area contributed by atoms with E-state index in [4.69, 9.17) is 18.9 Å². The first-order valence-electron chi connectivity index (χ1n) is 11.1. The van der Waals surface area contributed by atoms with E-state index >= 15 is 0 Å². The highest BCUT2D eigenvalue weighted by molar-refractivity contribution is 5.84. The average Bonchev–Trinajstić information content (AvgIpc) is 3.62. The van der Waals surface area contributed by atoms with E-state index in [1.54, 1.807) is 0 Å². The summed E-state index contributed by atoms with van der Waals surface area (Å²) in [5, 5.41) is 3.61. The Kier molecular flexibility index (Phi) is 6.97. The number of rotatable bonds is 1. The molecule has 3 N–H and O–H groups in total. The summed E-state index contributed by atoms with van der Waals surface area (Å²) in [7, 11) is 4.03. The lowest BCUT2D eigenvalue weighted by atomic mass is 10.2. The Morgan fingerprint density at radius 2 is 1.29 bits per heavy atom. The summed E-state index contributed by atoms with van der Waals surface area (Å²) < 4.78 is 4.12. The van der Waals surface area contributed by atoms with Crippen molar-refractivity contribution < 1.29 is 0 Å². The van der Waals surface area contributed by atoms with Crippen LogP contribution in [0.15, 0.2) is 91.4 Å². The Balaban J connectivity index is 0.000000124. The van der Waals surface area contributed by atoms with Crippen LogP contribution in [0.2, 0.25) is 0 Å². The zero-order chi connectivity index (χ0) is 24.8. The Morgan fingerprint density at radius 3 is 1.91 bits per heavy atom. The maximum atomic E-state index is 6.86. The number of H-pyrrole nitrogens is 1. The van der Waals surface area contributed by atoms with Crippen LogP contribution in [0, 0.1) is 13.1 Å². The molecule has 0 atom stereocenters. The average molecular weight is 459 g/mol. The molecule has 6 aromatic rings. The van der Waals surface area contributed by atoms with Gasteiger partial charge in [-0.25, -0.2) is 9.69 Å². The largest absolute Gasteiger partial charge is 0.362 e. The van der Waals surface area contributed by atoms with Crippen LogP contribution in [0.3, 0.4) is 0 Å². The van der Waals surface area contributed by atoms with Crippen molar-refractivity contribution in [1.82, 2.24) is 14.1 Å². The molecule has 0 aliphatic carbocycles. The van der Waals surface area contributed by atoms with Crippen molar-refractivity contribution >= 4 is 44.1 Å². The molecule has 0 spiro atoms. The van der Waals surface area contributed by atoms with E-state index < -0.39 is 0 Å². The molecule has 35 heavy (non-hydrogen) atoms. The first-order valence-corrected chi connectivity index (χ1v) is 11.1. The van der Waals surface area contributed by atoms with Gasteiger partial charge in [0.25, 0.3) is 0 Å². The summed E-state index contributed by atoms with van der Waals surface area (Å²) >= 11 is 0. The van der Waals surface area contributed by atoms with Crippen molar-refractivity contribution in [2.24, 2.45) is 19.8 Å². The first kappa shape index (κ1) is 23.4. The lowest BCUT2D eigenvalue weighted by molar-refractivity contribution is 0.965. The number of hydrogen-bond donors (Lipinski definition) is 2. The summed E-state index contributed by atoms with van der Waals surface area (Å²) in [6, 6.07) is 23.8. The van der Waals surface area contributed by atoms with Gasteiger partial charge in [-0.15, -0.1) is 0 Å². The molecule has 0 saturated carbocycles. The van der Waals surface area contributed by atoms with E-state index in [1.165, 1.54) is 21.9 Å². The van der Waals surface area contributed by atoms with Crippen LogP contribution in [0.5, 0.6) is 0 Å². The van der Waals surface area contributed by atoms with Crippen LogP contribution in [0.4, 0.5) is 11.4 Å². The lowest BCUT2D eigenvalue weighted by Crippen LogP contribution is -1.96. The number of benzene rings is 3. The molecule has 6 heteroatoms. The highest BCUT2D eigenvalue weighted by atomic mass is 14.9. The summed E-state index contributed by atoms with van der Waals surface area (Å²) in [6.45, 7) is 14.3. The van der Waals surface area contributed by atoms with Gasteiger partial charge in [0.15, 0.2) is 11.4 Å². The Labute approximate surface area is 204 Å². The van der Waals surface area contributed by atoms with Crippen LogP contribution >= 0.6 is 0 Å². The van der Waals surface area contributed by atoms with Crippen molar-refractivity contribution in [2.75, 3.05) is 0 Å². The molecule has 3 aromatic heterocycles. The van der Waals surface area contributed by atoms with E-state index in [-0.39, 0.29) is 0 Å². The lowest BCUT2D eigenvalue weighted by Gasteiger charge is -1.99. The Bertz CT molecular complexity index is 1680. The summed E-state index contributed by atoms with van der Waals surface area (Å²) in [6.07, 6.45) is 5.93. The van der Waals surface area contributed by atoms with Gasteiger partial charge in [0.1, 0.15) is 0 Å². The third-order valence-electron chi connectivity index (χ3n) is 5.86. The predicted molar refractivity (Wildman–Crippen MR) is 145 cm³/mol. The van der Waals surface area contributed by atoms with Gasteiger partial charge < -0.3 is 19.9 Å². The van der Waals surface area contributed by atoms with Crippen molar-refractivity contribution in [1.29, 1.82) is 0 Å². The van der Waals surface area contributed by atoms with Crippen molar-refractivity contribution in [3.8, 4) is 0 Å². The van der Waals surface area contributed by atoms with Crippen LogP contribution in [0.25, 0.3) is 42.4 Å². The van der Waals surface area contributed by atoms with Crippen LogP contribution < -0.4 is 5.73 Å². The Hall–Kier alpha value is -4.78. The molecule has 3 heterocycles. The molecule has 0 bridgehead atoms. The second kappa shape index (κ2) is 10.4. The van der Waals surface area contributed by atoms with Crippen LogP contribution in [-0.4, -0.2) is 14.1 Å². The molecule has 0 fully saturated rings. The molecule has 0 aliphatic rings. The van der Waals surface area contributed by atoms with Crippen LogP contribution in [-0.2, 0) is 20.6 Å². The van der Waals surface area contributed by atoms with Crippen molar-refractivity contribution in [3.63, 3.8) is 0 Å². The minimum absolute atomic E-state index is 0.612. The van der Waals surface area contributed by atoms with E-state index in [1.807, 2.05) is 79.6 Å². The third kappa shape index (κ3) is 5.25. The number of fused-ring (bicyclic) bond motifs is 3. The van der Waals surface area contributed by atoms with Crippen molar-refractivity contribution in [3.05, 3.63) is 120 Å². The topological polar surface area (TPSA) is 60.4 Å². The molecule has 0 radical (unpaired) electrons. The highest BCUT2D eigenvalue weighted by Gasteiger charge is 1.99. The second-order valence-corrected chi connectivity index (χ2v) is 8.17. The summed E-state index contributed by atoms with van der Waals surface area (Å²) in [5.74, 6) is 0. The number of nitrogens with two attached hydrogens (primary N) is 1. The smallest absolute Gasteiger partial charge is 0.189 e. The highest BCUT2D eigenvalue weighted by Crippen LogP contribution is 2.21. The quantitative estimate of drug-likeness (QED) is 0.254. The summed E-state index contributed by atoms with van der Waals surface area (Å²) in [5.41, 5.74) is 11.5. The SMILES string of the molecule is Cn1ccc2ccc(CN)cc21.[C-]#[N+]c1ccc2cc[nH]c2c1.[C-]#[N+]c1ccc2ccn(C)c2c1. The fourth-order valence-corrected chi connectivity index (χ4v) is 3.86. The van der Waals surface area contributed by atoms with Crippen molar-refractivity contribution in [2.45, 2.75) is 6.54 Å². The van der Waals surface area contributed by atoms with Gasteiger partial charge in [-0.05, 0) is 58.1 Å². The fourth-order valence-electron chi connectivity index (χ4n) is 3.86. The molecule has 0 saturated heterocycles. The molecular weight excluding hydrogens is 432 g/mol. The normalized spacial score (nSPS) is 10.2. The second-order valence-electron chi connectivity index (χ2n) is 8.17. The number of aromatic nitrogens is 3. The third-order valence-corrected chi connectivity index (χ3v) is 5.86. The molecule has 0 aliphatic heterocycles. The molecule has 0 unspecified atom stereocenters. The van der Waals surface area contributed by atoms with Gasteiger partial charge in [-0.2, -0.15) is 0 Å². The van der Waals surface area contributed by atoms with E-state index in [0.717, 1.165) is 16.4 Å². The maximum absolute atomic E-state index is 6.86. The zero-order valence-corrected chi connectivity index (χ0v) is 19.7. The molecule has 172 valence electrons. The van der Waals surface area contributed by atoms with E-state index in [2.05, 4.69) is 49.7 Å². The molecule has 0 amide bonds. The fraction of sp³-hybridized carbons (Fsp3) is 0.103. The van der Waals surface area contributed by atoms with Gasteiger partial charge in [0.05, 0.1) is 13.1 Å². The van der Waals surface area contributed by atoms with E-state index in [0.29, 0.717) is 17.9 Å². The molecule has 6 nitrogen and oxygen atoms in total. The minimum atomic E-state index is 0.612.